The maximum Gasteiger partial charge on any atom is 0.119 e. The van der Waals surface area contributed by atoms with E-state index in [2.05, 4.69) is 12.2 Å². The molecule has 0 amide bonds. The van der Waals surface area contributed by atoms with Crippen LogP contribution in [0.25, 0.3) is 0 Å². The lowest BCUT2D eigenvalue weighted by Crippen LogP contribution is -2.48. The number of hydrogen-bond acceptors (Lipinski definition) is 4. The lowest BCUT2D eigenvalue weighted by Gasteiger charge is -2.36. The van der Waals surface area contributed by atoms with Crippen molar-refractivity contribution in [3.63, 3.8) is 0 Å². The smallest absolute Gasteiger partial charge is 0.119 e. The highest BCUT2D eigenvalue weighted by Gasteiger charge is 2.33. The first kappa shape index (κ1) is 15.3. The minimum atomic E-state index is -0.565. The van der Waals surface area contributed by atoms with Crippen LogP contribution >= 0.6 is 0 Å². The summed E-state index contributed by atoms with van der Waals surface area (Å²) in [6.07, 6.45) is 3.25. The fraction of sp³-hybridized carbons (Fsp3) is 0.625. The number of hydrogen-bond donors (Lipinski definition) is 3. The zero-order chi connectivity index (χ0) is 14.4. The van der Waals surface area contributed by atoms with Gasteiger partial charge in [0.2, 0.25) is 0 Å². The van der Waals surface area contributed by atoms with Gasteiger partial charge in [-0.05, 0) is 43.4 Å². The van der Waals surface area contributed by atoms with Crippen LogP contribution in [0.1, 0.15) is 31.7 Å². The molecule has 1 atom stereocenters. The Bertz CT molecular complexity index is 401. The van der Waals surface area contributed by atoms with Crippen molar-refractivity contribution in [1.29, 1.82) is 0 Å². The summed E-state index contributed by atoms with van der Waals surface area (Å²) >= 11 is 0. The van der Waals surface area contributed by atoms with Crippen molar-refractivity contribution in [1.82, 2.24) is 5.32 Å². The van der Waals surface area contributed by atoms with Crippen LogP contribution in [0.2, 0.25) is 0 Å². The summed E-state index contributed by atoms with van der Waals surface area (Å²) in [5, 5.41) is 22.8. The third-order valence-electron chi connectivity index (χ3n) is 3.89. The van der Waals surface area contributed by atoms with E-state index in [4.69, 9.17) is 4.74 Å². The molecule has 2 rings (SSSR count). The molecule has 20 heavy (non-hydrogen) atoms. The molecular weight excluding hydrogens is 254 g/mol. The second kappa shape index (κ2) is 7.07. The first-order valence-electron chi connectivity index (χ1n) is 7.44. The third kappa shape index (κ3) is 4.47. The Kier molecular flexibility index (Phi) is 5.40. The van der Waals surface area contributed by atoms with Crippen molar-refractivity contribution in [3.8, 4) is 5.75 Å². The van der Waals surface area contributed by atoms with Gasteiger partial charge in [0.15, 0.2) is 0 Å². The highest BCUT2D eigenvalue weighted by Crippen LogP contribution is 2.30. The monoisotopic (exact) mass is 279 g/mol. The summed E-state index contributed by atoms with van der Waals surface area (Å²) < 4.78 is 5.54. The number of aliphatic hydroxyl groups excluding tert-OH is 1. The van der Waals surface area contributed by atoms with Crippen LogP contribution in [0.5, 0.6) is 5.75 Å². The van der Waals surface area contributed by atoms with Crippen LogP contribution in [0.4, 0.5) is 0 Å². The molecule has 1 aromatic rings. The van der Waals surface area contributed by atoms with E-state index in [1.54, 1.807) is 0 Å². The Balaban J connectivity index is 1.62. The van der Waals surface area contributed by atoms with Gasteiger partial charge in [-0.1, -0.05) is 19.1 Å². The molecule has 1 aliphatic rings. The van der Waals surface area contributed by atoms with E-state index in [0.29, 0.717) is 13.1 Å². The summed E-state index contributed by atoms with van der Waals surface area (Å²) in [4.78, 5) is 0. The molecule has 4 heteroatoms. The first-order chi connectivity index (χ1) is 9.61. The van der Waals surface area contributed by atoms with Gasteiger partial charge in [0.1, 0.15) is 18.5 Å². The maximum atomic E-state index is 9.90. The molecule has 1 unspecified atom stereocenters. The molecular formula is C16H25NO3. The van der Waals surface area contributed by atoms with Gasteiger partial charge in [-0.2, -0.15) is 0 Å². The van der Waals surface area contributed by atoms with Crippen LogP contribution in [0, 0.1) is 0 Å². The summed E-state index contributed by atoms with van der Waals surface area (Å²) in [7, 11) is 0. The number of rotatable bonds is 8. The molecule has 4 nitrogen and oxygen atoms in total. The van der Waals surface area contributed by atoms with E-state index in [1.165, 1.54) is 5.56 Å². The molecule has 1 aromatic carbocycles. The highest BCUT2D eigenvalue weighted by molar-refractivity contribution is 5.27. The Hall–Kier alpha value is -1.10. The van der Waals surface area contributed by atoms with Crippen LogP contribution in [-0.4, -0.2) is 41.6 Å². The van der Waals surface area contributed by atoms with Gasteiger partial charge in [-0.15, -0.1) is 0 Å². The lowest BCUT2D eigenvalue weighted by molar-refractivity contribution is -0.0334. The standard InChI is InChI=1S/C16H25NO3/c1-2-13-4-6-15(7-5-13)20-11-14(18)10-17-12-16(19)8-3-9-16/h4-7,14,17-19H,2-3,8-12H2,1H3. The molecule has 3 N–H and O–H groups in total. The van der Waals surface area contributed by atoms with Gasteiger partial charge < -0.3 is 20.3 Å². The normalized spacial score (nSPS) is 18.4. The van der Waals surface area contributed by atoms with Gasteiger partial charge in [-0.25, -0.2) is 0 Å². The van der Waals surface area contributed by atoms with E-state index in [9.17, 15) is 10.2 Å². The Morgan fingerprint density at radius 3 is 2.55 bits per heavy atom. The molecule has 1 aliphatic carbocycles. The Morgan fingerprint density at radius 2 is 2.00 bits per heavy atom. The molecule has 0 aliphatic heterocycles. The largest absolute Gasteiger partial charge is 0.491 e. The first-order valence-corrected chi connectivity index (χ1v) is 7.44. The number of aryl methyl sites for hydroxylation is 1. The minimum absolute atomic E-state index is 0.261. The van der Waals surface area contributed by atoms with Crippen molar-refractivity contribution in [2.45, 2.75) is 44.3 Å². The van der Waals surface area contributed by atoms with Crippen molar-refractivity contribution < 1.29 is 14.9 Å². The van der Waals surface area contributed by atoms with Crippen LogP contribution in [0.3, 0.4) is 0 Å². The minimum Gasteiger partial charge on any atom is -0.491 e. The second-order valence-corrected chi connectivity index (χ2v) is 5.67. The van der Waals surface area contributed by atoms with Crippen molar-refractivity contribution >= 4 is 0 Å². The number of aliphatic hydroxyl groups is 2. The molecule has 0 saturated heterocycles. The quantitative estimate of drug-likeness (QED) is 0.675. The average molecular weight is 279 g/mol. The third-order valence-corrected chi connectivity index (χ3v) is 3.89. The van der Waals surface area contributed by atoms with E-state index in [1.807, 2.05) is 24.3 Å². The second-order valence-electron chi connectivity index (χ2n) is 5.67. The predicted octanol–water partition coefficient (Wildman–Crippen LogP) is 1.49. The number of benzene rings is 1. The Labute approximate surface area is 120 Å². The molecule has 0 radical (unpaired) electrons. The summed E-state index contributed by atoms with van der Waals surface area (Å²) in [5.74, 6) is 0.777. The fourth-order valence-corrected chi connectivity index (χ4v) is 2.31. The van der Waals surface area contributed by atoms with Crippen molar-refractivity contribution in [2.75, 3.05) is 19.7 Å². The van der Waals surface area contributed by atoms with E-state index < -0.39 is 11.7 Å². The zero-order valence-electron chi connectivity index (χ0n) is 12.1. The molecule has 1 saturated carbocycles. The van der Waals surface area contributed by atoms with Crippen LogP contribution in [0.15, 0.2) is 24.3 Å². The van der Waals surface area contributed by atoms with Crippen LogP contribution in [-0.2, 0) is 6.42 Å². The van der Waals surface area contributed by atoms with Gasteiger partial charge in [-0.3, -0.25) is 0 Å². The lowest BCUT2D eigenvalue weighted by atomic mass is 9.80. The summed E-state index contributed by atoms with van der Waals surface area (Å²) in [6.45, 7) is 3.36. The highest BCUT2D eigenvalue weighted by atomic mass is 16.5. The molecule has 0 aromatic heterocycles. The van der Waals surface area contributed by atoms with Crippen LogP contribution < -0.4 is 10.1 Å². The fourth-order valence-electron chi connectivity index (χ4n) is 2.31. The molecule has 0 heterocycles. The van der Waals surface area contributed by atoms with Gasteiger partial charge in [0.05, 0.1) is 5.60 Å². The Morgan fingerprint density at radius 1 is 1.30 bits per heavy atom. The zero-order valence-corrected chi connectivity index (χ0v) is 12.1. The van der Waals surface area contributed by atoms with E-state index in [0.717, 1.165) is 31.4 Å². The van der Waals surface area contributed by atoms with E-state index >= 15 is 0 Å². The molecule has 1 fully saturated rings. The average Bonchev–Trinajstić information content (AvgIpc) is 2.44. The van der Waals surface area contributed by atoms with Crippen molar-refractivity contribution in [2.24, 2.45) is 0 Å². The van der Waals surface area contributed by atoms with E-state index in [-0.39, 0.29) is 6.61 Å². The number of ether oxygens (including phenoxy) is 1. The van der Waals surface area contributed by atoms with Gasteiger partial charge in [0, 0.05) is 13.1 Å². The molecule has 0 bridgehead atoms. The van der Waals surface area contributed by atoms with Gasteiger partial charge >= 0.3 is 0 Å². The summed E-state index contributed by atoms with van der Waals surface area (Å²) in [6, 6.07) is 7.92. The predicted molar refractivity (Wildman–Crippen MR) is 79.0 cm³/mol. The van der Waals surface area contributed by atoms with Crippen molar-refractivity contribution in [3.05, 3.63) is 29.8 Å². The molecule has 0 spiro atoms. The summed E-state index contributed by atoms with van der Waals surface area (Å²) in [5.41, 5.74) is 0.727. The maximum absolute atomic E-state index is 9.90. The topological polar surface area (TPSA) is 61.7 Å². The SMILES string of the molecule is CCc1ccc(OCC(O)CNCC2(O)CCC2)cc1. The van der Waals surface area contributed by atoms with Gasteiger partial charge in [0.25, 0.3) is 0 Å². The number of nitrogens with one attached hydrogen (secondary N) is 1. The molecule has 112 valence electrons.